The van der Waals surface area contributed by atoms with Gasteiger partial charge in [-0.1, -0.05) is 17.7 Å². The largest absolute Gasteiger partial charge is 0.457 e. The summed E-state index contributed by atoms with van der Waals surface area (Å²) in [5.74, 6) is 0.671. The molecule has 0 amide bonds. The van der Waals surface area contributed by atoms with Crippen LogP contribution in [0.1, 0.15) is 24.1 Å². The van der Waals surface area contributed by atoms with Crippen molar-refractivity contribution in [3.63, 3.8) is 0 Å². The lowest BCUT2D eigenvalue weighted by molar-refractivity contribution is 0.460. The third-order valence-corrected chi connectivity index (χ3v) is 3.25. The maximum atomic E-state index is 13.8. The summed E-state index contributed by atoms with van der Waals surface area (Å²) in [4.78, 5) is 0. The van der Waals surface area contributed by atoms with E-state index in [4.69, 9.17) is 22.1 Å². The van der Waals surface area contributed by atoms with E-state index in [1.165, 1.54) is 6.07 Å². The summed E-state index contributed by atoms with van der Waals surface area (Å²) in [6, 6.07) is 9.52. The second-order valence-corrected chi connectivity index (χ2v) is 4.86. The lowest BCUT2D eigenvalue weighted by Gasteiger charge is -2.15. The van der Waals surface area contributed by atoms with Crippen molar-refractivity contribution < 1.29 is 9.13 Å². The molecule has 0 spiro atoms. The Morgan fingerprint density at radius 1 is 1.26 bits per heavy atom. The van der Waals surface area contributed by atoms with Gasteiger partial charge < -0.3 is 10.5 Å². The summed E-state index contributed by atoms with van der Waals surface area (Å²) in [5.41, 5.74) is 7.05. The van der Waals surface area contributed by atoms with Crippen LogP contribution in [0.4, 0.5) is 4.39 Å². The highest BCUT2D eigenvalue weighted by atomic mass is 35.5. The van der Waals surface area contributed by atoms with Crippen LogP contribution in [-0.4, -0.2) is 0 Å². The fraction of sp³-hybridized carbons (Fsp3) is 0.200. The molecule has 0 aliphatic heterocycles. The normalized spacial score (nSPS) is 12.3. The summed E-state index contributed by atoms with van der Waals surface area (Å²) in [6.45, 7) is 3.60. The predicted molar refractivity (Wildman–Crippen MR) is 75.3 cm³/mol. The van der Waals surface area contributed by atoms with E-state index in [9.17, 15) is 4.39 Å². The Hall–Kier alpha value is -1.58. The smallest absolute Gasteiger partial charge is 0.135 e. The van der Waals surface area contributed by atoms with Crippen LogP contribution >= 0.6 is 11.6 Å². The molecule has 0 unspecified atom stereocenters. The van der Waals surface area contributed by atoms with Crippen LogP contribution in [-0.2, 0) is 0 Å². The van der Waals surface area contributed by atoms with Gasteiger partial charge in [-0.15, -0.1) is 0 Å². The number of halogens is 2. The standard InChI is InChI=1S/C15H15ClFNO/c1-9-8-11(6-7-12(9)16)19-14-5-3-4-13(17)15(14)10(2)18/h3-8,10H,18H2,1-2H3/t10-/m0/s1. The lowest BCUT2D eigenvalue weighted by Crippen LogP contribution is -2.09. The highest BCUT2D eigenvalue weighted by molar-refractivity contribution is 6.31. The Labute approximate surface area is 117 Å². The number of aryl methyl sites for hydroxylation is 1. The van der Waals surface area contributed by atoms with Crippen LogP contribution in [0, 0.1) is 12.7 Å². The summed E-state index contributed by atoms with van der Waals surface area (Å²) in [6.07, 6.45) is 0. The highest BCUT2D eigenvalue weighted by Gasteiger charge is 2.14. The zero-order valence-electron chi connectivity index (χ0n) is 10.8. The number of ether oxygens (including phenoxy) is 1. The fourth-order valence-electron chi connectivity index (χ4n) is 1.86. The van der Waals surface area contributed by atoms with Gasteiger partial charge in [-0.3, -0.25) is 0 Å². The molecule has 0 heterocycles. The molecule has 0 bridgehead atoms. The molecule has 2 N–H and O–H groups in total. The molecule has 0 fully saturated rings. The van der Waals surface area contributed by atoms with Crippen LogP contribution in [0.15, 0.2) is 36.4 Å². The monoisotopic (exact) mass is 279 g/mol. The molecule has 2 aromatic carbocycles. The minimum Gasteiger partial charge on any atom is -0.457 e. The van der Waals surface area contributed by atoms with Crippen LogP contribution in [0.5, 0.6) is 11.5 Å². The molecular formula is C15H15ClFNO. The minimum atomic E-state index is -0.440. The van der Waals surface area contributed by atoms with E-state index < -0.39 is 6.04 Å². The molecular weight excluding hydrogens is 265 g/mol. The zero-order chi connectivity index (χ0) is 14.0. The second kappa shape index (κ2) is 5.59. The average Bonchev–Trinajstić information content (AvgIpc) is 2.33. The van der Waals surface area contributed by atoms with Crippen LogP contribution in [0.2, 0.25) is 5.02 Å². The molecule has 0 radical (unpaired) electrons. The van der Waals surface area contributed by atoms with Crippen molar-refractivity contribution in [3.8, 4) is 11.5 Å². The van der Waals surface area contributed by atoms with Crippen molar-refractivity contribution in [2.45, 2.75) is 19.9 Å². The minimum absolute atomic E-state index is 0.363. The Kier molecular flexibility index (Phi) is 4.08. The highest BCUT2D eigenvalue weighted by Crippen LogP contribution is 2.32. The molecule has 0 aromatic heterocycles. The maximum Gasteiger partial charge on any atom is 0.135 e. The number of hydrogen-bond acceptors (Lipinski definition) is 2. The first kappa shape index (κ1) is 13.8. The maximum absolute atomic E-state index is 13.8. The summed E-state index contributed by atoms with van der Waals surface area (Å²) >= 11 is 5.96. The van der Waals surface area contributed by atoms with Gasteiger partial charge in [0, 0.05) is 16.6 Å². The number of nitrogens with two attached hydrogens (primary N) is 1. The summed E-state index contributed by atoms with van der Waals surface area (Å²) in [5, 5.41) is 0.666. The number of rotatable bonds is 3. The molecule has 2 aromatic rings. The Balaban J connectivity index is 2.38. The van der Waals surface area contributed by atoms with Gasteiger partial charge in [0.05, 0.1) is 0 Å². The Morgan fingerprint density at radius 2 is 2.00 bits per heavy atom. The van der Waals surface area contributed by atoms with E-state index >= 15 is 0 Å². The molecule has 4 heteroatoms. The van der Waals surface area contributed by atoms with Crippen molar-refractivity contribution in [2.24, 2.45) is 5.73 Å². The van der Waals surface area contributed by atoms with Gasteiger partial charge >= 0.3 is 0 Å². The molecule has 0 saturated heterocycles. The first-order chi connectivity index (χ1) is 8.99. The van der Waals surface area contributed by atoms with E-state index in [1.54, 1.807) is 37.3 Å². The van der Waals surface area contributed by atoms with Crippen molar-refractivity contribution in [1.82, 2.24) is 0 Å². The fourth-order valence-corrected chi connectivity index (χ4v) is 1.97. The van der Waals surface area contributed by atoms with Gasteiger partial charge in [-0.2, -0.15) is 0 Å². The molecule has 0 saturated carbocycles. The van der Waals surface area contributed by atoms with Crippen molar-refractivity contribution in [2.75, 3.05) is 0 Å². The topological polar surface area (TPSA) is 35.2 Å². The van der Waals surface area contributed by atoms with E-state index in [-0.39, 0.29) is 5.82 Å². The lowest BCUT2D eigenvalue weighted by atomic mass is 10.1. The van der Waals surface area contributed by atoms with E-state index in [0.29, 0.717) is 22.1 Å². The van der Waals surface area contributed by atoms with Crippen LogP contribution in [0.25, 0.3) is 0 Å². The van der Waals surface area contributed by atoms with Crippen molar-refractivity contribution in [1.29, 1.82) is 0 Å². The SMILES string of the molecule is Cc1cc(Oc2cccc(F)c2[C@H](C)N)ccc1Cl. The van der Waals surface area contributed by atoms with Crippen molar-refractivity contribution in [3.05, 3.63) is 58.4 Å². The van der Waals surface area contributed by atoms with Gasteiger partial charge in [0.15, 0.2) is 0 Å². The Bertz CT molecular complexity index is 599. The average molecular weight is 280 g/mol. The van der Waals surface area contributed by atoms with Crippen LogP contribution < -0.4 is 10.5 Å². The summed E-state index contributed by atoms with van der Waals surface area (Å²) < 4.78 is 19.5. The Morgan fingerprint density at radius 3 is 2.63 bits per heavy atom. The number of hydrogen-bond donors (Lipinski definition) is 1. The van der Waals surface area contributed by atoms with Gasteiger partial charge in [0.25, 0.3) is 0 Å². The second-order valence-electron chi connectivity index (χ2n) is 4.45. The molecule has 2 rings (SSSR count). The molecule has 2 nitrogen and oxygen atoms in total. The quantitative estimate of drug-likeness (QED) is 0.891. The van der Waals surface area contributed by atoms with Gasteiger partial charge in [0.2, 0.25) is 0 Å². The molecule has 19 heavy (non-hydrogen) atoms. The molecule has 0 aliphatic carbocycles. The van der Waals surface area contributed by atoms with Gasteiger partial charge in [-0.25, -0.2) is 4.39 Å². The van der Waals surface area contributed by atoms with Gasteiger partial charge in [0.1, 0.15) is 17.3 Å². The zero-order valence-corrected chi connectivity index (χ0v) is 11.5. The molecule has 0 aliphatic rings. The third-order valence-electron chi connectivity index (χ3n) is 2.83. The first-order valence-electron chi connectivity index (χ1n) is 5.97. The van der Waals surface area contributed by atoms with Crippen LogP contribution in [0.3, 0.4) is 0 Å². The van der Waals surface area contributed by atoms with E-state index in [0.717, 1.165) is 5.56 Å². The third kappa shape index (κ3) is 3.06. The van der Waals surface area contributed by atoms with E-state index in [2.05, 4.69) is 0 Å². The number of benzene rings is 2. The van der Waals surface area contributed by atoms with E-state index in [1.807, 2.05) is 6.92 Å². The van der Waals surface area contributed by atoms with Gasteiger partial charge in [-0.05, 0) is 49.7 Å². The first-order valence-corrected chi connectivity index (χ1v) is 6.35. The molecule has 1 atom stereocenters. The predicted octanol–water partition coefficient (Wildman–Crippen LogP) is 4.60. The molecule has 100 valence electrons. The van der Waals surface area contributed by atoms with Crippen molar-refractivity contribution >= 4 is 11.6 Å². The summed E-state index contributed by atoms with van der Waals surface area (Å²) in [7, 11) is 0.